The third kappa shape index (κ3) is 5.45. The van der Waals surface area contributed by atoms with E-state index >= 15 is 0 Å². The Morgan fingerprint density at radius 1 is 1.46 bits per heavy atom. The van der Waals surface area contributed by atoms with E-state index in [9.17, 15) is 0 Å². The molecule has 0 unspecified atom stereocenters. The van der Waals surface area contributed by atoms with E-state index in [2.05, 4.69) is 27.8 Å². The topological polar surface area (TPSA) is 21.3 Å². The molecule has 0 aliphatic heterocycles. The van der Waals surface area contributed by atoms with Gasteiger partial charge < -0.3 is 10.1 Å². The van der Waals surface area contributed by atoms with Crippen molar-refractivity contribution in [3.63, 3.8) is 0 Å². The smallest absolute Gasteiger partial charge is 0.0594 e. The molecule has 1 rings (SSSR count). The largest absolute Gasteiger partial charge is 0.377 e. The molecule has 13 heavy (non-hydrogen) atoms. The average molecular weight is 248 g/mol. The summed E-state index contributed by atoms with van der Waals surface area (Å²) in [6.07, 6.45) is 5.73. The first-order chi connectivity index (χ1) is 6.29. The first-order valence-corrected chi connectivity index (χ1v) is 5.74. The van der Waals surface area contributed by atoms with Gasteiger partial charge in [-0.15, -0.1) is 0 Å². The summed E-state index contributed by atoms with van der Waals surface area (Å²) in [6, 6.07) is 0. The average Bonchev–Trinajstić information content (AvgIpc) is 2.55. The Morgan fingerprint density at radius 2 is 2.15 bits per heavy atom. The first-order valence-electron chi connectivity index (χ1n) is 4.94. The predicted molar refractivity (Wildman–Crippen MR) is 59.1 cm³/mol. The molecule has 0 atom stereocenters. The van der Waals surface area contributed by atoms with E-state index in [1.165, 1.54) is 25.7 Å². The number of hydrogen-bond acceptors (Lipinski definition) is 2. The van der Waals surface area contributed by atoms with Crippen LogP contribution in [0.2, 0.25) is 0 Å². The van der Waals surface area contributed by atoms with Crippen LogP contribution in [-0.4, -0.2) is 25.8 Å². The highest BCUT2D eigenvalue weighted by atomic mass is 79.9. The fourth-order valence-corrected chi connectivity index (χ4v) is 1.78. The maximum absolute atomic E-state index is 5.68. The van der Waals surface area contributed by atoms with Crippen molar-refractivity contribution in [1.29, 1.82) is 0 Å². The molecule has 0 aromatic heterocycles. The zero-order chi connectivity index (χ0) is 9.52. The molecular formula is C10H18BrNO. The SMILES string of the molecule is C=C(Br)CNCCOC1CCCC1. The summed E-state index contributed by atoms with van der Waals surface area (Å²) >= 11 is 3.29. The van der Waals surface area contributed by atoms with Crippen molar-refractivity contribution in [2.45, 2.75) is 31.8 Å². The zero-order valence-electron chi connectivity index (χ0n) is 8.02. The number of rotatable bonds is 6. The van der Waals surface area contributed by atoms with Crippen LogP contribution in [0.5, 0.6) is 0 Å². The molecule has 0 aromatic carbocycles. The van der Waals surface area contributed by atoms with Crippen LogP contribution >= 0.6 is 15.9 Å². The van der Waals surface area contributed by atoms with Gasteiger partial charge in [0.1, 0.15) is 0 Å². The molecule has 0 spiro atoms. The highest BCUT2D eigenvalue weighted by Crippen LogP contribution is 2.20. The Balaban J connectivity index is 1.86. The molecule has 0 bridgehead atoms. The van der Waals surface area contributed by atoms with Gasteiger partial charge in [-0.2, -0.15) is 0 Å². The van der Waals surface area contributed by atoms with Gasteiger partial charge in [0.15, 0.2) is 0 Å². The van der Waals surface area contributed by atoms with Gasteiger partial charge in [-0.1, -0.05) is 35.4 Å². The highest BCUT2D eigenvalue weighted by molar-refractivity contribution is 9.11. The predicted octanol–water partition coefficient (Wildman–Crippen LogP) is 2.44. The van der Waals surface area contributed by atoms with E-state index < -0.39 is 0 Å². The molecule has 3 heteroatoms. The molecule has 1 fully saturated rings. The van der Waals surface area contributed by atoms with Crippen molar-refractivity contribution in [2.75, 3.05) is 19.7 Å². The molecule has 0 heterocycles. The zero-order valence-corrected chi connectivity index (χ0v) is 9.61. The summed E-state index contributed by atoms with van der Waals surface area (Å²) in [5, 5.41) is 3.24. The van der Waals surface area contributed by atoms with Crippen LogP contribution in [0.4, 0.5) is 0 Å². The van der Waals surface area contributed by atoms with Crippen molar-refractivity contribution in [3.8, 4) is 0 Å². The molecule has 1 aliphatic rings. The van der Waals surface area contributed by atoms with Crippen LogP contribution in [0.15, 0.2) is 11.1 Å². The minimum Gasteiger partial charge on any atom is -0.377 e. The van der Waals surface area contributed by atoms with Crippen molar-refractivity contribution >= 4 is 15.9 Å². The molecule has 76 valence electrons. The van der Waals surface area contributed by atoms with Crippen LogP contribution in [-0.2, 0) is 4.74 Å². The molecule has 0 amide bonds. The van der Waals surface area contributed by atoms with Crippen molar-refractivity contribution in [3.05, 3.63) is 11.1 Å². The second-order valence-electron chi connectivity index (χ2n) is 3.47. The molecule has 2 nitrogen and oxygen atoms in total. The van der Waals surface area contributed by atoms with Crippen molar-refractivity contribution in [1.82, 2.24) is 5.32 Å². The Hall–Kier alpha value is 0.140. The lowest BCUT2D eigenvalue weighted by Crippen LogP contribution is -2.23. The molecule has 0 radical (unpaired) electrons. The Kier molecular flexibility index (Phi) is 5.67. The summed E-state index contributed by atoms with van der Waals surface area (Å²) in [7, 11) is 0. The molecule has 1 aliphatic carbocycles. The summed E-state index contributed by atoms with van der Waals surface area (Å²) in [4.78, 5) is 0. The van der Waals surface area contributed by atoms with Gasteiger partial charge in [0.05, 0.1) is 12.7 Å². The van der Waals surface area contributed by atoms with Crippen LogP contribution in [0.3, 0.4) is 0 Å². The minimum absolute atomic E-state index is 0.536. The van der Waals surface area contributed by atoms with Crippen LogP contribution in [0.25, 0.3) is 0 Å². The molecule has 1 N–H and O–H groups in total. The van der Waals surface area contributed by atoms with Gasteiger partial charge in [0.25, 0.3) is 0 Å². The lowest BCUT2D eigenvalue weighted by atomic mass is 10.3. The quantitative estimate of drug-likeness (QED) is 0.729. The van der Waals surface area contributed by atoms with Crippen LogP contribution in [0, 0.1) is 0 Å². The lowest BCUT2D eigenvalue weighted by molar-refractivity contribution is 0.0608. The Bertz CT molecular complexity index is 155. The van der Waals surface area contributed by atoms with Gasteiger partial charge >= 0.3 is 0 Å². The normalized spacial score (nSPS) is 17.9. The fourth-order valence-electron chi connectivity index (χ4n) is 1.58. The fraction of sp³-hybridized carbons (Fsp3) is 0.800. The molecule has 0 saturated heterocycles. The second-order valence-corrected chi connectivity index (χ2v) is 4.59. The number of nitrogens with one attached hydrogen (secondary N) is 1. The minimum atomic E-state index is 0.536. The highest BCUT2D eigenvalue weighted by Gasteiger charge is 2.14. The molecule has 0 aromatic rings. The van der Waals surface area contributed by atoms with E-state index in [1.54, 1.807) is 0 Å². The first kappa shape index (κ1) is 11.2. The van der Waals surface area contributed by atoms with Gasteiger partial charge in [-0.3, -0.25) is 0 Å². The maximum atomic E-state index is 5.68. The Labute approximate surface area is 88.9 Å². The van der Waals surface area contributed by atoms with E-state index in [0.717, 1.165) is 24.2 Å². The standard InChI is InChI=1S/C10H18BrNO/c1-9(11)8-12-6-7-13-10-4-2-3-5-10/h10,12H,1-8H2. The Morgan fingerprint density at radius 3 is 2.77 bits per heavy atom. The summed E-state index contributed by atoms with van der Waals surface area (Å²) < 4.78 is 6.67. The summed E-state index contributed by atoms with van der Waals surface area (Å²) in [6.45, 7) is 6.31. The van der Waals surface area contributed by atoms with Gasteiger partial charge in [-0.25, -0.2) is 0 Å². The van der Waals surface area contributed by atoms with Crippen molar-refractivity contribution in [2.24, 2.45) is 0 Å². The van der Waals surface area contributed by atoms with E-state index in [1.807, 2.05) is 0 Å². The summed E-state index contributed by atoms with van der Waals surface area (Å²) in [5.41, 5.74) is 0. The van der Waals surface area contributed by atoms with Gasteiger partial charge in [-0.05, 0) is 12.8 Å². The van der Waals surface area contributed by atoms with E-state index in [4.69, 9.17) is 4.74 Å². The third-order valence-electron chi connectivity index (χ3n) is 2.25. The van der Waals surface area contributed by atoms with Gasteiger partial charge in [0, 0.05) is 17.6 Å². The maximum Gasteiger partial charge on any atom is 0.0594 e. The number of ether oxygens (including phenoxy) is 1. The van der Waals surface area contributed by atoms with E-state index in [0.29, 0.717) is 6.10 Å². The molecule has 1 saturated carbocycles. The van der Waals surface area contributed by atoms with Crippen LogP contribution < -0.4 is 5.32 Å². The monoisotopic (exact) mass is 247 g/mol. The summed E-state index contributed by atoms with van der Waals surface area (Å²) in [5.74, 6) is 0. The number of hydrogen-bond donors (Lipinski definition) is 1. The number of halogens is 1. The molecular weight excluding hydrogens is 230 g/mol. The van der Waals surface area contributed by atoms with E-state index in [-0.39, 0.29) is 0 Å². The second kappa shape index (κ2) is 6.57. The third-order valence-corrected chi connectivity index (χ3v) is 2.53. The lowest BCUT2D eigenvalue weighted by Gasteiger charge is -2.10. The van der Waals surface area contributed by atoms with Crippen molar-refractivity contribution < 1.29 is 4.74 Å². The van der Waals surface area contributed by atoms with Crippen LogP contribution in [0.1, 0.15) is 25.7 Å². The van der Waals surface area contributed by atoms with Gasteiger partial charge in [0.2, 0.25) is 0 Å².